The molecule has 0 bridgehead atoms. The van der Waals surface area contributed by atoms with Crippen LogP contribution in [0.15, 0.2) is 48.0 Å². The van der Waals surface area contributed by atoms with Crippen LogP contribution in [-0.4, -0.2) is 31.8 Å². The van der Waals surface area contributed by atoms with Gasteiger partial charge in [0.05, 0.1) is 5.75 Å². The Labute approximate surface area is 155 Å². The number of nitrogens with zero attached hydrogens (tertiary/aromatic N) is 3. The number of H-pyrrole nitrogens is 1. The van der Waals surface area contributed by atoms with Gasteiger partial charge in [-0.05, 0) is 36.6 Å². The lowest BCUT2D eigenvalue weighted by molar-refractivity contribution is -0.118. The third kappa shape index (κ3) is 5.06. The van der Waals surface area contributed by atoms with Crippen LogP contribution in [0.4, 0.5) is 0 Å². The summed E-state index contributed by atoms with van der Waals surface area (Å²) in [4.78, 5) is 20.1. The van der Waals surface area contributed by atoms with Crippen LogP contribution in [0.5, 0.6) is 11.6 Å². The van der Waals surface area contributed by atoms with Crippen LogP contribution in [-0.2, 0) is 11.3 Å². The van der Waals surface area contributed by atoms with Crippen molar-refractivity contribution in [2.45, 2.75) is 25.5 Å². The highest BCUT2D eigenvalue weighted by molar-refractivity contribution is 7.99. The first-order chi connectivity index (χ1) is 12.6. The smallest absolute Gasteiger partial charge is 0.230 e. The first-order valence-electron chi connectivity index (χ1n) is 8.05. The maximum absolute atomic E-state index is 11.8. The molecule has 0 aliphatic carbocycles. The van der Waals surface area contributed by atoms with Crippen molar-refractivity contribution in [3.63, 3.8) is 0 Å². The zero-order valence-corrected chi connectivity index (χ0v) is 15.3. The number of hydrogen-bond donors (Lipinski definition) is 2. The first kappa shape index (κ1) is 17.9. The maximum Gasteiger partial charge on any atom is 0.230 e. The number of ether oxygens (including phenoxy) is 1. The number of pyridine rings is 1. The fourth-order valence-electron chi connectivity index (χ4n) is 2.16. The summed E-state index contributed by atoms with van der Waals surface area (Å²) in [6, 6.07) is 9.73. The van der Waals surface area contributed by atoms with Crippen molar-refractivity contribution < 1.29 is 9.53 Å². The van der Waals surface area contributed by atoms with E-state index in [1.807, 2.05) is 38.1 Å². The van der Waals surface area contributed by atoms with Gasteiger partial charge >= 0.3 is 0 Å². The van der Waals surface area contributed by atoms with Gasteiger partial charge in [-0.25, -0.2) is 9.97 Å². The van der Waals surface area contributed by atoms with Crippen molar-refractivity contribution in [2.75, 3.05) is 5.75 Å². The molecule has 0 unspecified atom stereocenters. The second-order valence-electron chi connectivity index (χ2n) is 5.73. The number of aromatic amines is 1. The van der Waals surface area contributed by atoms with Crippen molar-refractivity contribution in [2.24, 2.45) is 0 Å². The quantitative estimate of drug-likeness (QED) is 0.622. The predicted molar refractivity (Wildman–Crippen MR) is 99.2 cm³/mol. The molecular formula is C18H19N5O2S. The molecule has 0 atom stereocenters. The number of carbonyl (C=O) groups excluding carboxylic acids is 1. The average molecular weight is 369 g/mol. The van der Waals surface area contributed by atoms with Crippen LogP contribution in [0.25, 0.3) is 0 Å². The Balaban J connectivity index is 1.49. The number of aryl methyl sites for hydroxylation is 2. The first-order valence-corrected chi connectivity index (χ1v) is 9.03. The maximum atomic E-state index is 11.8. The molecule has 0 saturated carbocycles. The minimum atomic E-state index is -0.0814. The van der Waals surface area contributed by atoms with Crippen molar-refractivity contribution in [3.8, 4) is 11.6 Å². The van der Waals surface area contributed by atoms with E-state index in [9.17, 15) is 4.79 Å². The lowest BCUT2D eigenvalue weighted by Gasteiger charge is -2.09. The zero-order chi connectivity index (χ0) is 18.4. The third-order valence-electron chi connectivity index (χ3n) is 3.58. The van der Waals surface area contributed by atoms with Gasteiger partial charge in [-0.3, -0.25) is 9.89 Å². The van der Waals surface area contributed by atoms with E-state index >= 15 is 0 Å². The Morgan fingerprint density at radius 3 is 2.85 bits per heavy atom. The van der Waals surface area contributed by atoms with Gasteiger partial charge in [0.2, 0.25) is 11.8 Å². The molecule has 2 aromatic heterocycles. The number of nitrogens with one attached hydrogen (secondary N) is 2. The summed E-state index contributed by atoms with van der Waals surface area (Å²) in [7, 11) is 0. The number of carbonyl (C=O) groups is 1. The van der Waals surface area contributed by atoms with E-state index < -0.39 is 0 Å². The number of aromatic nitrogens is 4. The Kier molecular flexibility index (Phi) is 5.85. The van der Waals surface area contributed by atoms with Gasteiger partial charge in [0.15, 0.2) is 5.16 Å². The SMILES string of the molecule is Cc1ccc(C)c(Oc2ccc(CNC(=O)CSc3ncn[nH]3)cn2)c1. The molecule has 0 saturated heterocycles. The molecule has 2 N–H and O–H groups in total. The summed E-state index contributed by atoms with van der Waals surface area (Å²) >= 11 is 1.30. The molecule has 0 spiro atoms. The molecule has 26 heavy (non-hydrogen) atoms. The monoisotopic (exact) mass is 369 g/mol. The highest BCUT2D eigenvalue weighted by atomic mass is 32.2. The van der Waals surface area contributed by atoms with Crippen molar-refractivity contribution in [1.29, 1.82) is 0 Å². The summed E-state index contributed by atoms with van der Waals surface area (Å²) < 4.78 is 5.83. The van der Waals surface area contributed by atoms with Gasteiger partial charge in [-0.15, -0.1) is 0 Å². The fourth-order valence-corrected chi connectivity index (χ4v) is 2.76. The second kappa shape index (κ2) is 8.48. The van der Waals surface area contributed by atoms with Gasteiger partial charge in [-0.2, -0.15) is 5.10 Å². The second-order valence-corrected chi connectivity index (χ2v) is 6.70. The Morgan fingerprint density at radius 2 is 2.12 bits per heavy atom. The van der Waals surface area contributed by atoms with Gasteiger partial charge < -0.3 is 10.1 Å². The van der Waals surface area contributed by atoms with E-state index in [0.717, 1.165) is 22.4 Å². The summed E-state index contributed by atoms with van der Waals surface area (Å²) in [6.07, 6.45) is 3.11. The van der Waals surface area contributed by atoms with Gasteiger partial charge in [0.25, 0.3) is 0 Å². The topological polar surface area (TPSA) is 92.8 Å². The van der Waals surface area contributed by atoms with Crippen LogP contribution in [0.1, 0.15) is 16.7 Å². The summed E-state index contributed by atoms with van der Waals surface area (Å²) in [5.74, 6) is 1.51. The molecule has 2 heterocycles. The number of thioether (sulfide) groups is 1. The molecule has 0 fully saturated rings. The number of amides is 1. The lowest BCUT2D eigenvalue weighted by atomic mass is 10.1. The molecule has 3 aromatic rings. The highest BCUT2D eigenvalue weighted by Gasteiger charge is 2.06. The Morgan fingerprint density at radius 1 is 1.23 bits per heavy atom. The molecule has 7 nitrogen and oxygen atoms in total. The minimum absolute atomic E-state index is 0.0814. The fraction of sp³-hybridized carbons (Fsp3) is 0.222. The van der Waals surface area contributed by atoms with E-state index in [1.54, 1.807) is 12.3 Å². The van der Waals surface area contributed by atoms with Gasteiger partial charge in [0.1, 0.15) is 12.1 Å². The van der Waals surface area contributed by atoms with Crippen LogP contribution in [0.3, 0.4) is 0 Å². The van der Waals surface area contributed by atoms with E-state index in [4.69, 9.17) is 4.74 Å². The summed E-state index contributed by atoms with van der Waals surface area (Å²) in [6.45, 7) is 4.42. The molecule has 8 heteroatoms. The van der Waals surface area contributed by atoms with Gasteiger partial charge in [-0.1, -0.05) is 30.0 Å². The predicted octanol–water partition coefficient (Wildman–Crippen LogP) is 3.02. The normalized spacial score (nSPS) is 10.5. The van der Waals surface area contributed by atoms with Crippen molar-refractivity contribution in [3.05, 3.63) is 59.5 Å². The van der Waals surface area contributed by atoms with E-state index in [-0.39, 0.29) is 11.7 Å². The molecule has 1 aromatic carbocycles. The van der Waals surface area contributed by atoms with Crippen LogP contribution >= 0.6 is 11.8 Å². The lowest BCUT2D eigenvalue weighted by Crippen LogP contribution is -2.24. The molecule has 0 radical (unpaired) electrons. The van der Waals surface area contributed by atoms with E-state index in [1.165, 1.54) is 18.1 Å². The third-order valence-corrected chi connectivity index (χ3v) is 4.46. The average Bonchev–Trinajstić information content (AvgIpc) is 3.16. The largest absolute Gasteiger partial charge is 0.439 e. The summed E-state index contributed by atoms with van der Waals surface area (Å²) in [5.41, 5.74) is 3.09. The molecule has 3 rings (SSSR count). The minimum Gasteiger partial charge on any atom is -0.439 e. The van der Waals surface area contributed by atoms with Crippen molar-refractivity contribution >= 4 is 17.7 Å². The molecular weight excluding hydrogens is 350 g/mol. The van der Waals surface area contributed by atoms with E-state index in [0.29, 0.717) is 17.6 Å². The van der Waals surface area contributed by atoms with Crippen LogP contribution in [0.2, 0.25) is 0 Å². The van der Waals surface area contributed by atoms with Crippen molar-refractivity contribution in [1.82, 2.24) is 25.5 Å². The van der Waals surface area contributed by atoms with Crippen LogP contribution in [0, 0.1) is 13.8 Å². The number of benzene rings is 1. The van der Waals surface area contributed by atoms with Crippen LogP contribution < -0.4 is 10.1 Å². The number of hydrogen-bond acceptors (Lipinski definition) is 6. The van der Waals surface area contributed by atoms with Gasteiger partial charge in [0, 0.05) is 18.8 Å². The molecule has 0 aliphatic rings. The summed E-state index contributed by atoms with van der Waals surface area (Å²) in [5, 5.41) is 9.90. The zero-order valence-electron chi connectivity index (χ0n) is 14.5. The highest BCUT2D eigenvalue weighted by Crippen LogP contribution is 2.24. The molecule has 1 amide bonds. The molecule has 0 aliphatic heterocycles. The molecule has 134 valence electrons. The number of rotatable bonds is 7. The van der Waals surface area contributed by atoms with E-state index in [2.05, 4.69) is 25.5 Å². The standard InChI is InChI=1S/C18H19N5O2S/c1-12-3-4-13(2)15(7-12)25-17-6-5-14(9-20-17)8-19-16(24)10-26-18-21-11-22-23-18/h3-7,9,11H,8,10H2,1-2H3,(H,19,24)(H,21,22,23). The Bertz CT molecular complexity index is 866. The Hall–Kier alpha value is -2.87.